The van der Waals surface area contributed by atoms with Crippen LogP contribution in [0.5, 0.6) is 0 Å². The van der Waals surface area contributed by atoms with Crippen LogP contribution < -0.4 is 5.32 Å². The SMILES string of the molecule is C[C@@H](Sc1nnc(CN2CCCCC2)n1-c1ccccc1)C(=O)Nc1ccc(Cl)cc1F. The van der Waals surface area contributed by atoms with Gasteiger partial charge in [0.2, 0.25) is 5.91 Å². The Balaban J connectivity index is 1.53. The van der Waals surface area contributed by atoms with E-state index in [-0.39, 0.29) is 16.6 Å². The van der Waals surface area contributed by atoms with E-state index in [0.29, 0.717) is 11.7 Å². The minimum Gasteiger partial charge on any atom is -0.323 e. The number of carbonyl (C=O) groups excluding carboxylic acids is 1. The zero-order valence-electron chi connectivity index (χ0n) is 17.8. The van der Waals surface area contributed by atoms with Crippen molar-refractivity contribution in [2.24, 2.45) is 0 Å². The van der Waals surface area contributed by atoms with E-state index in [2.05, 4.69) is 20.4 Å². The molecule has 2 aromatic carbocycles. The van der Waals surface area contributed by atoms with Crippen molar-refractivity contribution in [1.82, 2.24) is 19.7 Å². The smallest absolute Gasteiger partial charge is 0.237 e. The van der Waals surface area contributed by atoms with E-state index in [1.807, 2.05) is 34.9 Å². The minimum atomic E-state index is -0.570. The first-order valence-corrected chi connectivity index (χ1v) is 11.9. The molecular formula is C23H25ClFN5OS. The molecule has 0 aliphatic carbocycles. The van der Waals surface area contributed by atoms with Gasteiger partial charge in [-0.1, -0.05) is 48.0 Å². The maximum atomic E-state index is 14.1. The number of nitrogens with one attached hydrogen (secondary N) is 1. The summed E-state index contributed by atoms with van der Waals surface area (Å²) in [5.41, 5.74) is 1.05. The Morgan fingerprint density at radius 2 is 1.91 bits per heavy atom. The molecule has 1 N–H and O–H groups in total. The Kier molecular flexibility index (Phi) is 7.44. The third kappa shape index (κ3) is 5.49. The molecule has 2 heterocycles. The predicted molar refractivity (Wildman–Crippen MR) is 126 cm³/mol. The van der Waals surface area contributed by atoms with E-state index in [0.717, 1.165) is 24.6 Å². The van der Waals surface area contributed by atoms with Gasteiger partial charge in [0.1, 0.15) is 5.82 Å². The Hall–Kier alpha value is -2.42. The highest BCUT2D eigenvalue weighted by Crippen LogP contribution is 2.28. The van der Waals surface area contributed by atoms with Gasteiger partial charge in [-0.05, 0) is 63.2 Å². The average molecular weight is 474 g/mol. The molecule has 1 amide bonds. The molecule has 1 saturated heterocycles. The van der Waals surface area contributed by atoms with Crippen molar-refractivity contribution in [2.75, 3.05) is 18.4 Å². The number of thioether (sulfide) groups is 1. The summed E-state index contributed by atoms with van der Waals surface area (Å²) < 4.78 is 16.1. The van der Waals surface area contributed by atoms with Gasteiger partial charge in [0.05, 0.1) is 17.5 Å². The van der Waals surface area contributed by atoms with E-state index in [9.17, 15) is 9.18 Å². The molecule has 0 unspecified atom stereocenters. The molecular weight excluding hydrogens is 449 g/mol. The average Bonchev–Trinajstić information content (AvgIpc) is 3.18. The van der Waals surface area contributed by atoms with Crippen LogP contribution in [0.25, 0.3) is 5.69 Å². The summed E-state index contributed by atoms with van der Waals surface area (Å²) in [5, 5.41) is 11.9. The minimum absolute atomic E-state index is 0.0992. The number of hydrogen-bond acceptors (Lipinski definition) is 5. The first-order chi connectivity index (χ1) is 15.5. The van der Waals surface area contributed by atoms with Crippen LogP contribution in [-0.2, 0) is 11.3 Å². The molecule has 4 rings (SSSR count). The number of likely N-dealkylation sites (tertiary alicyclic amines) is 1. The van der Waals surface area contributed by atoms with E-state index in [1.165, 1.54) is 49.2 Å². The molecule has 0 radical (unpaired) electrons. The van der Waals surface area contributed by atoms with E-state index in [1.54, 1.807) is 6.92 Å². The monoisotopic (exact) mass is 473 g/mol. The number of benzene rings is 2. The molecule has 1 aromatic heterocycles. The molecule has 9 heteroatoms. The van der Waals surface area contributed by atoms with Gasteiger partial charge in [-0.25, -0.2) is 4.39 Å². The Morgan fingerprint density at radius 1 is 1.16 bits per heavy atom. The highest BCUT2D eigenvalue weighted by Gasteiger charge is 2.23. The lowest BCUT2D eigenvalue weighted by atomic mass is 10.1. The first kappa shape index (κ1) is 22.8. The van der Waals surface area contributed by atoms with Crippen LogP contribution >= 0.6 is 23.4 Å². The molecule has 1 aliphatic heterocycles. The van der Waals surface area contributed by atoms with Gasteiger partial charge in [-0.2, -0.15) is 0 Å². The van der Waals surface area contributed by atoms with E-state index >= 15 is 0 Å². The van der Waals surface area contributed by atoms with Crippen molar-refractivity contribution < 1.29 is 9.18 Å². The molecule has 0 saturated carbocycles. The number of para-hydroxylation sites is 1. The quantitative estimate of drug-likeness (QED) is 0.480. The van der Waals surface area contributed by atoms with Crippen LogP contribution in [0.1, 0.15) is 32.0 Å². The zero-order valence-corrected chi connectivity index (χ0v) is 19.4. The summed E-state index contributed by atoms with van der Waals surface area (Å²) in [6.07, 6.45) is 3.66. The van der Waals surface area contributed by atoms with Gasteiger partial charge in [0, 0.05) is 10.7 Å². The summed E-state index contributed by atoms with van der Waals surface area (Å²) in [6.45, 7) is 4.58. The standard InChI is InChI=1S/C23H25ClFN5OS/c1-16(22(31)26-20-11-10-17(24)14-19(20)25)32-23-28-27-21(15-29-12-6-3-7-13-29)30(23)18-8-4-2-5-9-18/h2,4-5,8-11,14,16H,3,6-7,12-13,15H2,1H3,(H,26,31)/t16-/m1/s1. The lowest BCUT2D eigenvalue weighted by molar-refractivity contribution is -0.115. The summed E-state index contributed by atoms with van der Waals surface area (Å²) >= 11 is 7.09. The van der Waals surface area contributed by atoms with Gasteiger partial charge in [-0.3, -0.25) is 14.3 Å². The van der Waals surface area contributed by atoms with Crippen molar-refractivity contribution in [1.29, 1.82) is 0 Å². The van der Waals surface area contributed by atoms with Gasteiger partial charge in [-0.15, -0.1) is 10.2 Å². The van der Waals surface area contributed by atoms with Crippen LogP contribution in [-0.4, -0.2) is 43.9 Å². The fourth-order valence-electron chi connectivity index (χ4n) is 3.67. The fraction of sp³-hybridized carbons (Fsp3) is 0.348. The summed E-state index contributed by atoms with van der Waals surface area (Å²) in [4.78, 5) is 15.1. The molecule has 6 nitrogen and oxygen atoms in total. The maximum Gasteiger partial charge on any atom is 0.237 e. The Morgan fingerprint density at radius 3 is 2.62 bits per heavy atom. The van der Waals surface area contributed by atoms with Gasteiger partial charge in [0.25, 0.3) is 0 Å². The molecule has 0 spiro atoms. The predicted octanol–water partition coefficient (Wildman–Crippen LogP) is 5.17. The van der Waals surface area contributed by atoms with Crippen LogP contribution in [0.3, 0.4) is 0 Å². The number of carbonyl (C=O) groups is 1. The van der Waals surface area contributed by atoms with Crippen LogP contribution in [0, 0.1) is 5.82 Å². The number of aromatic nitrogens is 3. The normalized spacial score (nSPS) is 15.5. The second-order valence-electron chi connectivity index (χ2n) is 7.78. The van der Waals surface area contributed by atoms with Gasteiger partial charge in [0.15, 0.2) is 11.0 Å². The number of anilines is 1. The van der Waals surface area contributed by atoms with E-state index in [4.69, 9.17) is 11.6 Å². The number of amides is 1. The highest BCUT2D eigenvalue weighted by atomic mass is 35.5. The van der Waals surface area contributed by atoms with E-state index < -0.39 is 11.1 Å². The van der Waals surface area contributed by atoms with Crippen LogP contribution in [0.2, 0.25) is 5.02 Å². The van der Waals surface area contributed by atoms with Crippen molar-refractivity contribution in [3.63, 3.8) is 0 Å². The number of piperidine rings is 1. The van der Waals surface area contributed by atoms with Gasteiger partial charge < -0.3 is 5.32 Å². The van der Waals surface area contributed by atoms with Crippen molar-refractivity contribution in [3.8, 4) is 5.69 Å². The molecule has 1 atom stereocenters. The molecule has 168 valence electrons. The lowest BCUT2D eigenvalue weighted by Crippen LogP contribution is -2.30. The third-order valence-corrected chi connectivity index (χ3v) is 6.65. The fourth-order valence-corrected chi connectivity index (χ4v) is 4.71. The van der Waals surface area contributed by atoms with Crippen LogP contribution in [0.4, 0.5) is 10.1 Å². The number of nitrogens with zero attached hydrogens (tertiary/aromatic N) is 4. The topological polar surface area (TPSA) is 63.1 Å². The van der Waals surface area contributed by atoms with Gasteiger partial charge >= 0.3 is 0 Å². The molecule has 3 aromatic rings. The highest BCUT2D eigenvalue weighted by molar-refractivity contribution is 8.00. The Bertz CT molecular complexity index is 1070. The van der Waals surface area contributed by atoms with Crippen LogP contribution in [0.15, 0.2) is 53.7 Å². The van der Waals surface area contributed by atoms with Crippen molar-refractivity contribution in [3.05, 3.63) is 65.2 Å². The van der Waals surface area contributed by atoms with Crippen molar-refractivity contribution in [2.45, 2.75) is 43.1 Å². The maximum absolute atomic E-state index is 14.1. The third-order valence-electron chi connectivity index (χ3n) is 5.37. The largest absolute Gasteiger partial charge is 0.323 e. The first-order valence-electron chi connectivity index (χ1n) is 10.7. The molecule has 0 bridgehead atoms. The number of halogens is 2. The Labute approximate surface area is 196 Å². The van der Waals surface area contributed by atoms with Crippen molar-refractivity contribution >= 4 is 35.0 Å². The number of rotatable bonds is 7. The lowest BCUT2D eigenvalue weighted by Gasteiger charge is -2.26. The summed E-state index contributed by atoms with van der Waals surface area (Å²) in [5.74, 6) is -0.0484. The second-order valence-corrected chi connectivity index (χ2v) is 9.52. The summed E-state index contributed by atoms with van der Waals surface area (Å²) in [7, 11) is 0. The molecule has 1 fully saturated rings. The second kappa shape index (κ2) is 10.5. The summed E-state index contributed by atoms with van der Waals surface area (Å²) in [6, 6.07) is 14.1. The number of hydrogen-bond donors (Lipinski definition) is 1. The molecule has 1 aliphatic rings. The zero-order chi connectivity index (χ0) is 22.5. The molecule has 32 heavy (non-hydrogen) atoms.